The summed E-state index contributed by atoms with van der Waals surface area (Å²) in [6.45, 7) is 4.72. The fourth-order valence-corrected chi connectivity index (χ4v) is 3.63. The zero-order chi connectivity index (χ0) is 17.6. The number of imidazole rings is 1. The number of nitrogens with zero attached hydrogens (tertiary/aromatic N) is 4. The van der Waals surface area contributed by atoms with E-state index in [-0.39, 0.29) is 37.9 Å². The summed E-state index contributed by atoms with van der Waals surface area (Å²) in [4.78, 5) is 12.5. The van der Waals surface area contributed by atoms with Crippen LogP contribution in [0.1, 0.15) is 13.8 Å². The van der Waals surface area contributed by atoms with Crippen molar-refractivity contribution in [1.29, 1.82) is 0 Å². The van der Waals surface area contributed by atoms with Gasteiger partial charge in [-0.15, -0.1) is 0 Å². The van der Waals surface area contributed by atoms with Crippen molar-refractivity contribution in [2.75, 3.05) is 39.3 Å². The van der Waals surface area contributed by atoms with E-state index in [1.807, 2.05) is 0 Å². The Morgan fingerprint density at radius 2 is 1.92 bits per heavy atom. The average Bonchev–Trinajstić information content (AvgIpc) is 2.91. The minimum absolute atomic E-state index is 0.0286. The van der Waals surface area contributed by atoms with E-state index in [4.69, 9.17) is 24.3 Å². The van der Waals surface area contributed by atoms with Crippen LogP contribution in [0.2, 0.25) is 0 Å². The number of fused-ring (bicyclic) bond motifs is 1. The summed E-state index contributed by atoms with van der Waals surface area (Å²) < 4.78 is 35.1. The van der Waals surface area contributed by atoms with Gasteiger partial charge >= 0.3 is 13.6 Å². The molecule has 2 aromatic heterocycles. The highest BCUT2D eigenvalue weighted by Crippen LogP contribution is 2.50. The molecule has 0 aromatic carbocycles. The largest absolute Gasteiger partial charge is 0.461 e. The predicted molar refractivity (Wildman–Crippen MR) is 88.0 cm³/mol. The van der Waals surface area contributed by atoms with Gasteiger partial charge < -0.3 is 28.8 Å². The molecule has 0 bridgehead atoms. The smallest absolute Gasteiger partial charge is 0.350 e. The molecule has 0 aliphatic rings. The molecule has 0 atom stereocenters. The summed E-state index contributed by atoms with van der Waals surface area (Å²) in [5, 5.41) is 0. The Bertz CT molecular complexity index is 712. The Kier molecular flexibility index (Phi) is 6.50. The zero-order valence-corrected chi connectivity index (χ0v) is 14.9. The molecule has 0 amide bonds. The highest BCUT2D eigenvalue weighted by atomic mass is 31.2. The molecule has 134 valence electrons. The third-order valence-corrected chi connectivity index (χ3v) is 4.92. The summed E-state index contributed by atoms with van der Waals surface area (Å²) in [5.74, 6) is 0.175. The van der Waals surface area contributed by atoms with Crippen LogP contribution in [0.5, 0.6) is 6.01 Å². The first-order chi connectivity index (χ1) is 11.5. The topological polar surface area (TPSA) is 124 Å². The molecule has 2 aromatic rings. The second-order valence-corrected chi connectivity index (χ2v) is 6.73. The summed E-state index contributed by atoms with van der Waals surface area (Å²) in [7, 11) is -1.74. The number of nitrogens with two attached hydrogens (primary N) is 1. The van der Waals surface area contributed by atoms with Crippen LogP contribution in [-0.2, 0) is 24.6 Å². The number of ether oxygens (including phenoxy) is 2. The molecule has 10 nitrogen and oxygen atoms in total. The van der Waals surface area contributed by atoms with Crippen LogP contribution in [0, 0.1) is 0 Å². The average molecular weight is 359 g/mol. The Morgan fingerprint density at radius 3 is 2.54 bits per heavy atom. The third kappa shape index (κ3) is 4.41. The zero-order valence-electron chi connectivity index (χ0n) is 14.0. The third-order valence-electron chi connectivity index (χ3n) is 2.97. The number of hydrogen-bond acceptors (Lipinski definition) is 9. The minimum atomic E-state index is -3.31. The van der Waals surface area contributed by atoms with E-state index in [9.17, 15) is 4.57 Å². The molecule has 0 aliphatic carbocycles. The van der Waals surface area contributed by atoms with Gasteiger partial charge in [-0.05, 0) is 13.8 Å². The fourth-order valence-electron chi connectivity index (χ4n) is 2.03. The molecule has 0 spiro atoms. The first kappa shape index (κ1) is 18.6. The van der Waals surface area contributed by atoms with E-state index in [1.165, 1.54) is 6.33 Å². The lowest BCUT2D eigenvalue weighted by Gasteiger charge is -2.17. The Morgan fingerprint density at radius 1 is 1.21 bits per heavy atom. The quantitative estimate of drug-likeness (QED) is 0.498. The molecule has 11 heteroatoms. The van der Waals surface area contributed by atoms with Crippen molar-refractivity contribution >= 4 is 24.6 Å². The van der Waals surface area contributed by atoms with Crippen LogP contribution in [0.4, 0.5) is 5.82 Å². The number of hydrogen-bond donors (Lipinski definition) is 1. The predicted octanol–water partition coefficient (Wildman–Crippen LogP) is 1.66. The van der Waals surface area contributed by atoms with Crippen molar-refractivity contribution in [2.24, 2.45) is 0 Å². The molecular weight excluding hydrogens is 337 g/mol. The van der Waals surface area contributed by atoms with Crippen molar-refractivity contribution in [1.82, 2.24) is 19.5 Å². The van der Waals surface area contributed by atoms with E-state index >= 15 is 0 Å². The van der Waals surface area contributed by atoms with Crippen LogP contribution in [0.15, 0.2) is 6.33 Å². The Balaban J connectivity index is 2.31. The number of aromatic nitrogens is 4. The summed E-state index contributed by atoms with van der Waals surface area (Å²) in [6, 6.07) is 0.0986. The minimum Gasteiger partial charge on any atom is -0.461 e. The van der Waals surface area contributed by atoms with Crippen molar-refractivity contribution < 1.29 is 23.1 Å². The fraction of sp³-hybridized carbons (Fsp3) is 0.615. The SMILES string of the molecule is CCOP(=O)(Cn1cnc2c(N)nc(OCCOC)nc21)OCC. The van der Waals surface area contributed by atoms with Crippen molar-refractivity contribution in [3.05, 3.63) is 6.33 Å². The maximum atomic E-state index is 12.7. The van der Waals surface area contributed by atoms with Gasteiger partial charge in [-0.25, -0.2) is 4.98 Å². The van der Waals surface area contributed by atoms with E-state index in [0.29, 0.717) is 17.8 Å². The second kappa shape index (κ2) is 8.39. The first-order valence-electron chi connectivity index (χ1n) is 7.51. The summed E-state index contributed by atoms with van der Waals surface area (Å²) >= 11 is 0. The molecule has 0 radical (unpaired) electrons. The van der Waals surface area contributed by atoms with Crippen LogP contribution < -0.4 is 10.5 Å². The highest BCUT2D eigenvalue weighted by Gasteiger charge is 2.26. The number of rotatable bonds is 10. The Hall–Kier alpha value is -1.74. The molecule has 0 saturated heterocycles. The van der Waals surface area contributed by atoms with Gasteiger partial charge in [-0.3, -0.25) is 4.57 Å². The first-order valence-corrected chi connectivity index (χ1v) is 9.24. The van der Waals surface area contributed by atoms with Crippen molar-refractivity contribution in [2.45, 2.75) is 20.1 Å². The molecule has 0 aliphatic heterocycles. The van der Waals surface area contributed by atoms with Gasteiger partial charge in [-0.1, -0.05) is 0 Å². The van der Waals surface area contributed by atoms with Crippen LogP contribution in [-0.4, -0.2) is 53.1 Å². The lowest BCUT2D eigenvalue weighted by molar-refractivity contribution is 0.141. The van der Waals surface area contributed by atoms with Crippen LogP contribution in [0.3, 0.4) is 0 Å². The summed E-state index contributed by atoms with van der Waals surface area (Å²) in [6.07, 6.45) is 1.44. The van der Waals surface area contributed by atoms with Gasteiger partial charge in [0.15, 0.2) is 17.0 Å². The maximum Gasteiger partial charge on any atom is 0.350 e. The number of nitrogen functional groups attached to an aromatic ring is 1. The maximum absolute atomic E-state index is 12.7. The standard InChI is InChI=1S/C13H22N5O5P/c1-4-22-24(19,23-5-2)9-18-8-15-10-11(14)16-13(17-12(10)18)21-7-6-20-3/h8H,4-7,9H2,1-3H3,(H2,14,16,17). The molecule has 24 heavy (non-hydrogen) atoms. The second-order valence-electron chi connectivity index (χ2n) is 4.71. The molecule has 0 unspecified atom stereocenters. The van der Waals surface area contributed by atoms with Gasteiger partial charge in [0.25, 0.3) is 0 Å². The normalized spacial score (nSPS) is 12.0. The van der Waals surface area contributed by atoms with Crippen molar-refractivity contribution in [3.63, 3.8) is 0 Å². The molecular formula is C13H22N5O5P. The highest BCUT2D eigenvalue weighted by molar-refractivity contribution is 7.52. The van der Waals surface area contributed by atoms with Gasteiger partial charge in [0, 0.05) is 7.11 Å². The number of anilines is 1. The van der Waals surface area contributed by atoms with Crippen molar-refractivity contribution in [3.8, 4) is 6.01 Å². The van der Waals surface area contributed by atoms with E-state index < -0.39 is 7.60 Å². The molecule has 0 fully saturated rings. The summed E-state index contributed by atoms with van der Waals surface area (Å²) in [5.41, 5.74) is 6.68. The number of methoxy groups -OCH3 is 1. The van der Waals surface area contributed by atoms with E-state index in [0.717, 1.165) is 0 Å². The lowest BCUT2D eigenvalue weighted by atomic mass is 10.5. The molecule has 2 rings (SSSR count). The van der Waals surface area contributed by atoms with Crippen LogP contribution in [0.25, 0.3) is 11.2 Å². The van der Waals surface area contributed by atoms with Gasteiger partial charge in [0.2, 0.25) is 0 Å². The lowest BCUT2D eigenvalue weighted by Crippen LogP contribution is -2.09. The van der Waals surface area contributed by atoms with Crippen LogP contribution >= 0.6 is 7.60 Å². The van der Waals surface area contributed by atoms with Gasteiger partial charge in [-0.2, -0.15) is 9.97 Å². The van der Waals surface area contributed by atoms with Gasteiger partial charge in [0.05, 0.1) is 26.1 Å². The molecule has 2 N–H and O–H groups in total. The van der Waals surface area contributed by atoms with Gasteiger partial charge in [0.1, 0.15) is 12.9 Å². The Labute approximate surface area is 139 Å². The monoisotopic (exact) mass is 359 g/mol. The molecule has 2 heterocycles. The molecule has 0 saturated carbocycles. The van der Waals surface area contributed by atoms with E-state index in [1.54, 1.807) is 25.5 Å². The van der Waals surface area contributed by atoms with E-state index in [2.05, 4.69) is 15.0 Å².